The van der Waals surface area contributed by atoms with Gasteiger partial charge in [-0.3, -0.25) is 0 Å². The molecule has 0 radical (unpaired) electrons. The van der Waals surface area contributed by atoms with Gasteiger partial charge in [0.1, 0.15) is 18.0 Å². The van der Waals surface area contributed by atoms with Crippen LogP contribution in [0.25, 0.3) is 0 Å². The van der Waals surface area contributed by atoms with Gasteiger partial charge in [0, 0.05) is 6.42 Å². The average Bonchev–Trinajstić information content (AvgIpc) is 2.15. The highest BCUT2D eigenvalue weighted by molar-refractivity contribution is 5.21. The molecule has 1 aliphatic heterocycles. The van der Waals surface area contributed by atoms with Crippen LogP contribution in [0.5, 0.6) is 5.75 Å². The summed E-state index contributed by atoms with van der Waals surface area (Å²) < 4.78 is 11.6. The Bertz CT molecular complexity index is 334. The maximum atomic E-state index is 5.81. The molecule has 0 aliphatic carbocycles. The molecule has 1 unspecified atom stereocenters. The Balaban J connectivity index is 1.99. The first kappa shape index (κ1) is 11.5. The third-order valence-electron chi connectivity index (χ3n) is 3.47. The van der Waals surface area contributed by atoms with Gasteiger partial charge in [-0.25, -0.2) is 0 Å². The lowest BCUT2D eigenvalue weighted by atomic mass is 9.72. The van der Waals surface area contributed by atoms with Crippen molar-refractivity contribution in [3.05, 3.63) is 30.3 Å². The maximum Gasteiger partial charge on any atom is 0.119 e. The van der Waals surface area contributed by atoms with E-state index >= 15 is 0 Å². The van der Waals surface area contributed by atoms with Gasteiger partial charge in [0.2, 0.25) is 0 Å². The van der Waals surface area contributed by atoms with Crippen LogP contribution >= 0.6 is 0 Å². The molecule has 1 aliphatic rings. The normalized spacial score (nSPS) is 24.9. The molecular weight excluding hydrogens is 200 g/mol. The minimum atomic E-state index is -0.108. The lowest BCUT2D eigenvalue weighted by Gasteiger charge is -2.50. The summed E-state index contributed by atoms with van der Waals surface area (Å²) in [6, 6.07) is 9.93. The van der Waals surface area contributed by atoms with E-state index in [4.69, 9.17) is 9.47 Å². The Morgan fingerprint density at radius 1 is 1.25 bits per heavy atom. The molecule has 0 bridgehead atoms. The van der Waals surface area contributed by atoms with E-state index in [1.807, 2.05) is 30.3 Å². The summed E-state index contributed by atoms with van der Waals surface area (Å²) in [5.41, 5.74) is 0.0167. The predicted molar refractivity (Wildman–Crippen MR) is 64.7 cm³/mol. The molecule has 2 nitrogen and oxygen atoms in total. The van der Waals surface area contributed by atoms with Crippen molar-refractivity contribution in [1.82, 2.24) is 0 Å². The molecule has 1 heterocycles. The molecule has 1 saturated heterocycles. The highest BCUT2D eigenvalue weighted by atomic mass is 16.6. The fourth-order valence-electron chi connectivity index (χ4n) is 1.99. The topological polar surface area (TPSA) is 18.5 Å². The zero-order chi connectivity index (χ0) is 11.6. The number of rotatable bonds is 3. The van der Waals surface area contributed by atoms with E-state index in [0.29, 0.717) is 6.61 Å². The Morgan fingerprint density at radius 3 is 2.31 bits per heavy atom. The van der Waals surface area contributed by atoms with E-state index in [1.54, 1.807) is 0 Å². The monoisotopic (exact) mass is 220 g/mol. The number of hydrogen-bond donors (Lipinski definition) is 0. The standard InChI is InChI=1S/C14H20O2/c1-13(2,3)14(9-10-16-14)11-15-12-7-5-4-6-8-12/h4-8H,9-11H2,1-3H3. The van der Waals surface area contributed by atoms with Gasteiger partial charge in [0.15, 0.2) is 0 Å². The Kier molecular flexibility index (Phi) is 2.94. The van der Waals surface area contributed by atoms with E-state index in [0.717, 1.165) is 18.8 Å². The molecule has 88 valence electrons. The van der Waals surface area contributed by atoms with Crippen molar-refractivity contribution in [3.8, 4) is 5.75 Å². The molecule has 16 heavy (non-hydrogen) atoms. The summed E-state index contributed by atoms with van der Waals surface area (Å²) >= 11 is 0. The van der Waals surface area contributed by atoms with Crippen LogP contribution in [0.3, 0.4) is 0 Å². The van der Waals surface area contributed by atoms with Crippen molar-refractivity contribution < 1.29 is 9.47 Å². The van der Waals surface area contributed by atoms with Crippen molar-refractivity contribution in [1.29, 1.82) is 0 Å². The second-order valence-electron chi connectivity index (χ2n) is 5.44. The highest BCUT2D eigenvalue weighted by Gasteiger charge is 2.49. The molecule has 0 spiro atoms. The number of para-hydroxylation sites is 1. The minimum Gasteiger partial charge on any atom is -0.491 e. The summed E-state index contributed by atoms with van der Waals surface area (Å²) in [6.45, 7) is 8.12. The Labute approximate surface area is 97.6 Å². The van der Waals surface area contributed by atoms with Crippen LogP contribution in [0.4, 0.5) is 0 Å². The molecular formula is C14H20O2. The van der Waals surface area contributed by atoms with Gasteiger partial charge in [-0.1, -0.05) is 39.0 Å². The van der Waals surface area contributed by atoms with Gasteiger partial charge >= 0.3 is 0 Å². The second kappa shape index (κ2) is 4.10. The molecule has 0 saturated carbocycles. The number of benzene rings is 1. The van der Waals surface area contributed by atoms with Crippen molar-refractivity contribution in [2.75, 3.05) is 13.2 Å². The molecule has 0 amide bonds. The minimum absolute atomic E-state index is 0.108. The largest absolute Gasteiger partial charge is 0.491 e. The predicted octanol–water partition coefficient (Wildman–Crippen LogP) is 3.27. The fraction of sp³-hybridized carbons (Fsp3) is 0.571. The van der Waals surface area contributed by atoms with Gasteiger partial charge in [-0.05, 0) is 17.5 Å². The fourth-order valence-corrected chi connectivity index (χ4v) is 1.99. The van der Waals surface area contributed by atoms with Crippen molar-refractivity contribution in [2.24, 2.45) is 5.41 Å². The van der Waals surface area contributed by atoms with Gasteiger partial charge in [-0.2, -0.15) is 0 Å². The van der Waals surface area contributed by atoms with Gasteiger partial charge < -0.3 is 9.47 Å². The van der Waals surface area contributed by atoms with Crippen LogP contribution in [-0.4, -0.2) is 18.8 Å². The summed E-state index contributed by atoms with van der Waals surface area (Å²) in [5, 5.41) is 0. The third-order valence-corrected chi connectivity index (χ3v) is 3.47. The first-order valence-corrected chi connectivity index (χ1v) is 5.85. The molecule has 1 aromatic carbocycles. The van der Waals surface area contributed by atoms with Gasteiger partial charge in [0.05, 0.1) is 6.61 Å². The van der Waals surface area contributed by atoms with E-state index in [2.05, 4.69) is 20.8 Å². The number of ether oxygens (including phenoxy) is 2. The lowest BCUT2D eigenvalue weighted by Crippen LogP contribution is -2.57. The van der Waals surface area contributed by atoms with Crippen LogP contribution < -0.4 is 4.74 Å². The first-order chi connectivity index (χ1) is 7.54. The highest BCUT2D eigenvalue weighted by Crippen LogP contribution is 2.42. The van der Waals surface area contributed by atoms with Crippen LogP contribution in [-0.2, 0) is 4.74 Å². The van der Waals surface area contributed by atoms with E-state index < -0.39 is 0 Å². The molecule has 0 N–H and O–H groups in total. The SMILES string of the molecule is CC(C)(C)C1(COc2ccccc2)CCO1. The van der Waals surface area contributed by atoms with Crippen LogP contribution in [0.2, 0.25) is 0 Å². The Morgan fingerprint density at radius 2 is 1.88 bits per heavy atom. The molecule has 2 heteroatoms. The summed E-state index contributed by atoms with van der Waals surface area (Å²) in [7, 11) is 0. The molecule has 2 rings (SSSR count). The van der Waals surface area contributed by atoms with Crippen molar-refractivity contribution >= 4 is 0 Å². The van der Waals surface area contributed by atoms with Crippen LogP contribution in [0.15, 0.2) is 30.3 Å². The quantitative estimate of drug-likeness (QED) is 0.778. The molecule has 1 fully saturated rings. The van der Waals surface area contributed by atoms with Crippen LogP contribution in [0, 0.1) is 5.41 Å². The molecule has 1 atom stereocenters. The zero-order valence-corrected chi connectivity index (χ0v) is 10.3. The summed E-state index contributed by atoms with van der Waals surface area (Å²) in [4.78, 5) is 0. The van der Waals surface area contributed by atoms with Gasteiger partial charge in [-0.15, -0.1) is 0 Å². The first-order valence-electron chi connectivity index (χ1n) is 5.85. The van der Waals surface area contributed by atoms with Crippen molar-refractivity contribution in [3.63, 3.8) is 0 Å². The van der Waals surface area contributed by atoms with Gasteiger partial charge in [0.25, 0.3) is 0 Å². The maximum absolute atomic E-state index is 5.81. The molecule has 1 aromatic rings. The third kappa shape index (κ3) is 2.07. The summed E-state index contributed by atoms with van der Waals surface area (Å²) in [5.74, 6) is 0.918. The smallest absolute Gasteiger partial charge is 0.119 e. The second-order valence-corrected chi connectivity index (χ2v) is 5.44. The summed E-state index contributed by atoms with van der Waals surface area (Å²) in [6.07, 6.45) is 1.09. The Hall–Kier alpha value is -1.02. The van der Waals surface area contributed by atoms with Crippen LogP contribution in [0.1, 0.15) is 27.2 Å². The molecule has 0 aromatic heterocycles. The van der Waals surface area contributed by atoms with E-state index in [1.165, 1.54) is 0 Å². The van der Waals surface area contributed by atoms with Crippen molar-refractivity contribution in [2.45, 2.75) is 32.8 Å². The van der Waals surface area contributed by atoms with E-state index in [-0.39, 0.29) is 11.0 Å². The van der Waals surface area contributed by atoms with E-state index in [9.17, 15) is 0 Å². The number of hydrogen-bond acceptors (Lipinski definition) is 2. The average molecular weight is 220 g/mol. The lowest BCUT2D eigenvalue weighted by molar-refractivity contribution is -0.220. The zero-order valence-electron chi connectivity index (χ0n) is 10.3.